The molecule has 1 aliphatic heterocycles. The van der Waals surface area contributed by atoms with Gasteiger partial charge in [0.15, 0.2) is 6.10 Å². The number of nitrogens with zero attached hydrogens (tertiary/aromatic N) is 1. The van der Waals surface area contributed by atoms with E-state index < -0.39 is 11.9 Å². The first-order chi connectivity index (χ1) is 9.08. The van der Waals surface area contributed by atoms with E-state index in [0.717, 1.165) is 0 Å². The average Bonchev–Trinajstić information content (AvgIpc) is 2.43. The third-order valence-electron chi connectivity index (χ3n) is 2.87. The lowest BCUT2D eigenvalue weighted by atomic mass is 10.3. The zero-order chi connectivity index (χ0) is 13.8. The lowest BCUT2D eigenvalue weighted by Crippen LogP contribution is -2.46. The van der Waals surface area contributed by atoms with Crippen LogP contribution < -0.4 is 4.74 Å². The van der Waals surface area contributed by atoms with Gasteiger partial charge in [0, 0.05) is 19.2 Å². The molecule has 1 atom stereocenters. The minimum atomic E-state index is -0.668. The van der Waals surface area contributed by atoms with Crippen molar-refractivity contribution in [2.75, 3.05) is 26.3 Å². The number of hydrogen-bond acceptors (Lipinski definition) is 3. The average molecular weight is 288 g/mol. The van der Waals surface area contributed by atoms with Crippen LogP contribution in [0.3, 0.4) is 0 Å². The van der Waals surface area contributed by atoms with Crippen molar-refractivity contribution in [2.45, 2.75) is 13.0 Å². The summed E-state index contributed by atoms with van der Waals surface area (Å²) in [5, 5.41) is 0.0273. The molecule has 19 heavy (non-hydrogen) atoms. The highest BCUT2D eigenvalue weighted by molar-refractivity contribution is 6.30. The number of halogens is 2. The monoisotopic (exact) mass is 287 g/mol. The van der Waals surface area contributed by atoms with E-state index in [1.54, 1.807) is 11.8 Å². The third kappa shape index (κ3) is 3.58. The van der Waals surface area contributed by atoms with Gasteiger partial charge >= 0.3 is 0 Å². The fraction of sp³-hybridized carbons (Fsp3) is 0.462. The zero-order valence-corrected chi connectivity index (χ0v) is 11.3. The molecule has 0 spiro atoms. The molecule has 1 aromatic carbocycles. The van der Waals surface area contributed by atoms with Crippen LogP contribution in [0, 0.1) is 5.82 Å². The number of benzene rings is 1. The quantitative estimate of drug-likeness (QED) is 0.855. The van der Waals surface area contributed by atoms with Gasteiger partial charge in [-0.05, 0) is 19.1 Å². The lowest BCUT2D eigenvalue weighted by molar-refractivity contribution is -0.142. The Hall–Kier alpha value is -1.33. The maximum absolute atomic E-state index is 13.3. The van der Waals surface area contributed by atoms with Crippen molar-refractivity contribution in [3.05, 3.63) is 29.0 Å². The summed E-state index contributed by atoms with van der Waals surface area (Å²) in [5.74, 6) is -0.403. The molecule has 2 rings (SSSR count). The van der Waals surface area contributed by atoms with Crippen LogP contribution in [0.25, 0.3) is 0 Å². The summed E-state index contributed by atoms with van der Waals surface area (Å²) in [4.78, 5) is 13.8. The maximum atomic E-state index is 13.3. The molecular formula is C13H15ClFNO3. The van der Waals surface area contributed by atoms with Crippen LogP contribution in [-0.2, 0) is 9.53 Å². The molecule has 104 valence electrons. The normalized spacial score (nSPS) is 17.1. The fourth-order valence-corrected chi connectivity index (χ4v) is 1.96. The van der Waals surface area contributed by atoms with Gasteiger partial charge in [-0.15, -0.1) is 0 Å². The van der Waals surface area contributed by atoms with Crippen molar-refractivity contribution in [1.29, 1.82) is 0 Å². The van der Waals surface area contributed by atoms with Crippen molar-refractivity contribution in [1.82, 2.24) is 4.90 Å². The van der Waals surface area contributed by atoms with Crippen LogP contribution >= 0.6 is 11.6 Å². The second-order valence-electron chi connectivity index (χ2n) is 4.27. The van der Waals surface area contributed by atoms with Crippen molar-refractivity contribution in [3.63, 3.8) is 0 Å². The Labute approximate surface area is 116 Å². The molecule has 0 radical (unpaired) electrons. The van der Waals surface area contributed by atoms with Crippen molar-refractivity contribution in [3.8, 4) is 5.75 Å². The molecule has 0 bridgehead atoms. The van der Waals surface area contributed by atoms with Crippen LogP contribution in [0.5, 0.6) is 5.75 Å². The number of ether oxygens (including phenoxy) is 2. The first-order valence-corrected chi connectivity index (χ1v) is 6.44. The van der Waals surface area contributed by atoms with Gasteiger partial charge in [-0.25, -0.2) is 4.39 Å². The van der Waals surface area contributed by atoms with Crippen molar-refractivity contribution >= 4 is 17.5 Å². The van der Waals surface area contributed by atoms with Gasteiger partial charge in [0.1, 0.15) is 11.6 Å². The SMILES string of the molecule is CC(Oc1ccc(Cl)c(F)c1)C(=O)N1CCOCC1. The van der Waals surface area contributed by atoms with E-state index in [0.29, 0.717) is 26.3 Å². The van der Waals surface area contributed by atoms with Crippen LogP contribution in [-0.4, -0.2) is 43.2 Å². The number of amides is 1. The summed E-state index contributed by atoms with van der Waals surface area (Å²) >= 11 is 5.58. The number of carbonyl (C=O) groups is 1. The van der Waals surface area contributed by atoms with E-state index >= 15 is 0 Å². The van der Waals surface area contributed by atoms with Crippen LogP contribution in [0.4, 0.5) is 4.39 Å². The molecular weight excluding hydrogens is 273 g/mol. The summed E-state index contributed by atoms with van der Waals surface area (Å²) in [5.41, 5.74) is 0. The van der Waals surface area contributed by atoms with Gasteiger partial charge in [-0.2, -0.15) is 0 Å². The maximum Gasteiger partial charge on any atom is 0.263 e. The second kappa shape index (κ2) is 6.21. The topological polar surface area (TPSA) is 38.8 Å². The van der Waals surface area contributed by atoms with Gasteiger partial charge in [-0.1, -0.05) is 11.6 Å². The Balaban J connectivity index is 1.97. The highest BCUT2D eigenvalue weighted by Crippen LogP contribution is 2.21. The molecule has 0 N–H and O–H groups in total. The summed E-state index contributed by atoms with van der Waals surface area (Å²) in [7, 11) is 0. The predicted octanol–water partition coefficient (Wildman–Crippen LogP) is 2.11. The van der Waals surface area contributed by atoms with Gasteiger partial charge in [0.25, 0.3) is 5.91 Å². The van der Waals surface area contributed by atoms with E-state index in [9.17, 15) is 9.18 Å². The number of morpholine rings is 1. The van der Waals surface area contributed by atoms with Gasteiger partial charge in [0.05, 0.1) is 18.2 Å². The van der Waals surface area contributed by atoms with E-state index in [4.69, 9.17) is 21.1 Å². The molecule has 1 aromatic rings. The van der Waals surface area contributed by atoms with Crippen LogP contribution in [0.2, 0.25) is 5.02 Å². The Morgan fingerprint density at radius 3 is 2.79 bits per heavy atom. The molecule has 0 aromatic heterocycles. The first-order valence-electron chi connectivity index (χ1n) is 6.06. The van der Waals surface area contributed by atoms with Crippen LogP contribution in [0.1, 0.15) is 6.92 Å². The molecule has 1 unspecified atom stereocenters. The highest BCUT2D eigenvalue weighted by atomic mass is 35.5. The Morgan fingerprint density at radius 1 is 1.47 bits per heavy atom. The minimum absolute atomic E-state index is 0.0273. The van der Waals surface area contributed by atoms with Gasteiger partial charge < -0.3 is 14.4 Å². The highest BCUT2D eigenvalue weighted by Gasteiger charge is 2.23. The Kier molecular flexibility index (Phi) is 4.61. The van der Waals surface area contributed by atoms with E-state index in [2.05, 4.69) is 0 Å². The summed E-state index contributed by atoms with van der Waals surface area (Å²) in [6, 6.07) is 4.11. The molecule has 0 aliphatic carbocycles. The minimum Gasteiger partial charge on any atom is -0.481 e. The van der Waals surface area contributed by atoms with E-state index in [1.807, 2.05) is 0 Å². The smallest absolute Gasteiger partial charge is 0.263 e. The predicted molar refractivity (Wildman–Crippen MR) is 68.9 cm³/mol. The van der Waals surface area contributed by atoms with Gasteiger partial charge in [-0.3, -0.25) is 4.79 Å². The van der Waals surface area contributed by atoms with Crippen molar-refractivity contribution < 1.29 is 18.7 Å². The Morgan fingerprint density at radius 2 is 2.16 bits per heavy atom. The second-order valence-corrected chi connectivity index (χ2v) is 4.68. The first kappa shape index (κ1) is 14.1. The van der Waals surface area contributed by atoms with Crippen molar-refractivity contribution in [2.24, 2.45) is 0 Å². The number of rotatable bonds is 3. The molecule has 0 saturated carbocycles. The Bertz CT molecular complexity index is 463. The molecule has 1 fully saturated rings. The largest absolute Gasteiger partial charge is 0.481 e. The molecule has 4 nitrogen and oxygen atoms in total. The van der Waals surface area contributed by atoms with E-state index in [1.165, 1.54) is 18.2 Å². The van der Waals surface area contributed by atoms with Crippen LogP contribution in [0.15, 0.2) is 18.2 Å². The summed E-state index contributed by atoms with van der Waals surface area (Å²) in [6.45, 7) is 3.83. The standard InChI is InChI=1S/C13H15ClFNO3/c1-9(13(17)16-4-6-18-7-5-16)19-10-2-3-11(14)12(15)8-10/h2-3,8-9H,4-7H2,1H3. The fourth-order valence-electron chi connectivity index (χ4n) is 1.85. The molecule has 1 amide bonds. The summed E-state index contributed by atoms with van der Waals surface area (Å²) in [6.07, 6.45) is -0.668. The molecule has 1 heterocycles. The lowest BCUT2D eigenvalue weighted by Gasteiger charge is -2.29. The molecule has 1 aliphatic rings. The van der Waals surface area contributed by atoms with Gasteiger partial charge in [0.2, 0.25) is 0 Å². The zero-order valence-electron chi connectivity index (χ0n) is 10.6. The third-order valence-corrected chi connectivity index (χ3v) is 3.18. The van der Waals surface area contributed by atoms with E-state index in [-0.39, 0.29) is 16.7 Å². The number of carbonyl (C=O) groups excluding carboxylic acids is 1. The molecule has 6 heteroatoms. The molecule has 1 saturated heterocycles. The number of hydrogen-bond donors (Lipinski definition) is 0. The summed E-state index contributed by atoms with van der Waals surface area (Å²) < 4.78 is 23.9.